The molecule has 9 nitrogen and oxygen atoms in total. The third-order valence-electron chi connectivity index (χ3n) is 6.46. The lowest BCUT2D eigenvalue weighted by Gasteiger charge is -2.24. The van der Waals surface area contributed by atoms with Gasteiger partial charge >= 0.3 is 18.1 Å². The molecule has 0 N–H and O–H groups in total. The van der Waals surface area contributed by atoms with Gasteiger partial charge in [0.25, 0.3) is 0 Å². The first-order valence-corrected chi connectivity index (χ1v) is 14.6. The first-order chi connectivity index (χ1) is 19.4. The number of unbranched alkanes of at least 4 members (excludes halogenated alkanes) is 6. The summed E-state index contributed by atoms with van der Waals surface area (Å²) in [5.74, 6) is -1.36. The van der Waals surface area contributed by atoms with Gasteiger partial charge in [-0.25, -0.2) is 9.78 Å². The highest BCUT2D eigenvalue weighted by Crippen LogP contribution is 2.23. The van der Waals surface area contributed by atoms with Crippen molar-refractivity contribution >= 4 is 18.1 Å². The van der Waals surface area contributed by atoms with E-state index in [-0.39, 0.29) is 18.5 Å². The summed E-state index contributed by atoms with van der Waals surface area (Å²) >= 11 is 0. The summed E-state index contributed by atoms with van der Waals surface area (Å²) < 4.78 is 22.6. The van der Waals surface area contributed by atoms with Crippen molar-refractivity contribution in [3.8, 4) is 5.75 Å². The molecule has 0 fully saturated rings. The van der Waals surface area contributed by atoms with Crippen LogP contribution >= 0.6 is 0 Å². The summed E-state index contributed by atoms with van der Waals surface area (Å²) in [7, 11) is 1.87. The number of hydrogen-bond donors (Lipinski definition) is 0. The highest BCUT2D eigenvalue weighted by molar-refractivity contribution is 5.73. The molecule has 2 rings (SSSR count). The monoisotopic (exact) mass is 560 g/mol. The normalized spacial score (nSPS) is 11.9. The summed E-state index contributed by atoms with van der Waals surface area (Å²) in [5.41, 5.74) is 0.909. The molecular weight excluding hydrogens is 512 g/mol. The van der Waals surface area contributed by atoms with Gasteiger partial charge in [0.1, 0.15) is 5.75 Å². The number of carbonyl (C=O) groups is 3. The van der Waals surface area contributed by atoms with Crippen LogP contribution in [0.3, 0.4) is 0 Å². The zero-order valence-corrected chi connectivity index (χ0v) is 24.9. The Morgan fingerprint density at radius 1 is 0.900 bits per heavy atom. The van der Waals surface area contributed by atoms with Crippen molar-refractivity contribution in [2.75, 3.05) is 13.4 Å². The molecule has 2 unspecified atom stereocenters. The van der Waals surface area contributed by atoms with E-state index in [2.05, 4.69) is 11.9 Å². The van der Waals surface area contributed by atoms with Crippen LogP contribution < -0.4 is 4.74 Å². The highest BCUT2D eigenvalue weighted by atomic mass is 16.8. The van der Waals surface area contributed by atoms with E-state index in [0.29, 0.717) is 25.0 Å². The fourth-order valence-electron chi connectivity index (χ4n) is 4.22. The van der Waals surface area contributed by atoms with Crippen molar-refractivity contribution in [1.82, 2.24) is 9.55 Å². The van der Waals surface area contributed by atoms with E-state index >= 15 is 0 Å². The number of benzene rings is 1. The van der Waals surface area contributed by atoms with Crippen molar-refractivity contribution in [3.63, 3.8) is 0 Å². The number of aromatic nitrogens is 2. The van der Waals surface area contributed by atoms with Crippen molar-refractivity contribution in [3.05, 3.63) is 48.5 Å². The second kappa shape index (κ2) is 21.5. The third-order valence-corrected chi connectivity index (χ3v) is 6.46. The average molecular weight is 561 g/mol. The fourth-order valence-corrected chi connectivity index (χ4v) is 4.22. The Balaban J connectivity index is 0.00000391. The maximum absolute atomic E-state index is 12.9. The summed E-state index contributed by atoms with van der Waals surface area (Å²) in [6.45, 7) is 7.58. The van der Waals surface area contributed by atoms with E-state index in [0.717, 1.165) is 25.0 Å². The van der Waals surface area contributed by atoms with Gasteiger partial charge in [-0.15, -0.1) is 0 Å². The average Bonchev–Trinajstić information content (AvgIpc) is 3.37. The summed E-state index contributed by atoms with van der Waals surface area (Å²) in [4.78, 5) is 41.3. The van der Waals surface area contributed by atoms with Gasteiger partial charge in [0.2, 0.25) is 6.79 Å². The van der Waals surface area contributed by atoms with Crippen LogP contribution in [0.2, 0.25) is 0 Å². The highest BCUT2D eigenvalue weighted by Gasteiger charge is 2.30. The number of ether oxygens (including phenoxy) is 4. The lowest BCUT2D eigenvalue weighted by atomic mass is 9.87. The number of aryl methyl sites for hydroxylation is 1. The predicted octanol–water partition coefficient (Wildman–Crippen LogP) is 7.03. The maximum Gasteiger partial charge on any atom is 0.516 e. The number of imidazole rings is 1. The van der Waals surface area contributed by atoms with Crippen molar-refractivity contribution in [1.29, 1.82) is 0 Å². The standard InChI is InChI=1S/C29H42N2O7.C2H6/c1-4-6-7-8-9-10-14-17-27(32)35-20-23(18-24-19-30-21-31(24)3)26(5-2)28(33)36-22-37-29(34)38-25-15-12-11-13-16-25;1-2/h11-13,15-16,19,21,23,26H,4-10,14,17-18,20,22H2,1-3H3;1-2H3. The van der Waals surface area contributed by atoms with Gasteiger partial charge in [-0.1, -0.05) is 84.4 Å². The van der Waals surface area contributed by atoms with Gasteiger partial charge in [-0.05, 0) is 31.4 Å². The lowest BCUT2D eigenvalue weighted by Crippen LogP contribution is -2.32. The summed E-state index contributed by atoms with van der Waals surface area (Å²) in [5, 5.41) is 0. The zero-order valence-electron chi connectivity index (χ0n) is 24.9. The predicted molar refractivity (Wildman–Crippen MR) is 154 cm³/mol. The minimum absolute atomic E-state index is 0.0883. The van der Waals surface area contributed by atoms with E-state index in [9.17, 15) is 14.4 Å². The number of carbonyl (C=O) groups excluding carboxylic acids is 3. The van der Waals surface area contributed by atoms with Crippen LogP contribution in [0.1, 0.15) is 91.2 Å². The summed E-state index contributed by atoms with van der Waals surface area (Å²) in [6, 6.07) is 8.45. The number of esters is 2. The van der Waals surface area contributed by atoms with Crippen LogP contribution in [-0.2, 0) is 37.3 Å². The van der Waals surface area contributed by atoms with E-state index < -0.39 is 24.8 Å². The van der Waals surface area contributed by atoms with E-state index in [1.54, 1.807) is 42.9 Å². The van der Waals surface area contributed by atoms with E-state index in [1.165, 1.54) is 25.7 Å². The van der Waals surface area contributed by atoms with E-state index in [4.69, 9.17) is 18.9 Å². The van der Waals surface area contributed by atoms with Gasteiger partial charge in [-0.2, -0.15) is 0 Å². The molecule has 0 spiro atoms. The SMILES string of the molecule is CC.CCCCCCCCCC(=O)OCC(Cc1cncn1C)C(CC)C(=O)OCOC(=O)Oc1ccccc1. The van der Waals surface area contributed by atoms with Crippen LogP contribution in [0.15, 0.2) is 42.9 Å². The largest absolute Gasteiger partial charge is 0.516 e. The fraction of sp³-hybridized carbons (Fsp3) is 0.613. The Morgan fingerprint density at radius 2 is 1.57 bits per heavy atom. The number of hydrogen-bond acceptors (Lipinski definition) is 8. The smallest absolute Gasteiger partial charge is 0.465 e. The number of rotatable bonds is 18. The molecule has 1 aromatic carbocycles. The molecule has 40 heavy (non-hydrogen) atoms. The van der Waals surface area contributed by atoms with E-state index in [1.807, 2.05) is 32.4 Å². The zero-order chi connectivity index (χ0) is 29.6. The van der Waals surface area contributed by atoms with Crippen LogP contribution in [0.4, 0.5) is 4.79 Å². The Hall–Kier alpha value is -3.36. The van der Waals surface area contributed by atoms with Gasteiger partial charge in [0.15, 0.2) is 0 Å². The van der Waals surface area contributed by atoms with Crippen LogP contribution in [0.25, 0.3) is 0 Å². The molecule has 2 aromatic rings. The molecule has 0 aliphatic rings. The quantitative estimate of drug-likeness (QED) is 0.0828. The van der Waals surface area contributed by atoms with Gasteiger partial charge < -0.3 is 23.5 Å². The summed E-state index contributed by atoms with van der Waals surface area (Å²) in [6.07, 6.45) is 11.6. The molecule has 2 atom stereocenters. The molecule has 0 bridgehead atoms. The second-order valence-electron chi connectivity index (χ2n) is 9.42. The second-order valence-corrected chi connectivity index (χ2v) is 9.42. The molecule has 9 heteroatoms. The van der Waals surface area contributed by atoms with Crippen LogP contribution in [-0.4, -0.2) is 41.0 Å². The molecule has 0 aliphatic heterocycles. The molecule has 0 amide bonds. The lowest BCUT2D eigenvalue weighted by molar-refractivity contribution is -0.162. The van der Waals surface area contributed by atoms with Gasteiger partial charge in [0, 0.05) is 31.3 Å². The van der Waals surface area contributed by atoms with Crippen molar-refractivity contribution < 1.29 is 33.3 Å². The minimum Gasteiger partial charge on any atom is -0.465 e. The topological polar surface area (TPSA) is 106 Å². The molecule has 1 heterocycles. The molecule has 0 saturated heterocycles. The van der Waals surface area contributed by atoms with Crippen molar-refractivity contribution in [2.24, 2.45) is 18.9 Å². The molecule has 1 aromatic heterocycles. The molecule has 0 saturated carbocycles. The molecule has 0 radical (unpaired) electrons. The van der Waals surface area contributed by atoms with Crippen molar-refractivity contribution in [2.45, 2.75) is 91.9 Å². The Morgan fingerprint density at radius 3 is 2.20 bits per heavy atom. The minimum atomic E-state index is -0.970. The first-order valence-electron chi connectivity index (χ1n) is 14.6. The Bertz CT molecular complexity index is 962. The number of para-hydroxylation sites is 1. The third kappa shape index (κ3) is 14.1. The first kappa shape index (κ1) is 34.7. The molecule has 224 valence electrons. The molecular formula is C31H48N2O7. The maximum atomic E-state index is 12.9. The number of nitrogens with zero attached hydrogens (tertiary/aromatic N) is 2. The van der Waals surface area contributed by atoms with Crippen LogP contribution in [0.5, 0.6) is 5.75 Å². The van der Waals surface area contributed by atoms with Gasteiger partial charge in [0.05, 0.1) is 18.9 Å². The Kier molecular flexibility index (Phi) is 18.6. The van der Waals surface area contributed by atoms with Crippen LogP contribution in [0, 0.1) is 11.8 Å². The van der Waals surface area contributed by atoms with Gasteiger partial charge in [-0.3, -0.25) is 9.59 Å². The Labute approximate surface area is 239 Å². The molecule has 0 aliphatic carbocycles.